The van der Waals surface area contributed by atoms with E-state index in [1.54, 1.807) is 0 Å². The first-order chi connectivity index (χ1) is 6.20. The molecule has 1 heterocycles. The summed E-state index contributed by atoms with van der Waals surface area (Å²) in [5.41, 5.74) is 6.14. The summed E-state index contributed by atoms with van der Waals surface area (Å²) >= 11 is 5.83. The van der Waals surface area contributed by atoms with Crippen molar-refractivity contribution in [2.45, 2.75) is 12.5 Å². The molecule has 70 valence electrons. The molecular formula is C9H9ClFNO. The monoisotopic (exact) mass is 201 g/mol. The summed E-state index contributed by atoms with van der Waals surface area (Å²) in [7, 11) is 0. The summed E-state index contributed by atoms with van der Waals surface area (Å²) in [5.74, 6) is 0.0621. The molecule has 0 saturated carbocycles. The van der Waals surface area contributed by atoms with Gasteiger partial charge in [-0.25, -0.2) is 4.39 Å². The van der Waals surface area contributed by atoms with E-state index in [2.05, 4.69) is 0 Å². The fraction of sp³-hybridized carbons (Fsp3) is 0.333. The average molecular weight is 202 g/mol. The molecule has 0 bridgehead atoms. The number of benzene rings is 1. The maximum atomic E-state index is 13.3. The second-order valence-corrected chi connectivity index (χ2v) is 3.42. The van der Waals surface area contributed by atoms with Crippen molar-refractivity contribution in [1.82, 2.24) is 0 Å². The predicted octanol–water partition coefficient (Wildman–Crippen LogP) is 2.26. The highest BCUT2D eigenvalue weighted by Gasteiger charge is 2.23. The third kappa shape index (κ3) is 1.38. The van der Waals surface area contributed by atoms with Crippen molar-refractivity contribution < 1.29 is 9.13 Å². The second kappa shape index (κ2) is 3.16. The number of fused-ring (bicyclic) bond motifs is 1. The standard InChI is InChI=1S/C9H9ClFNO/c10-5-1-2-6(11)8-7(12)3-4-13-9(5)8/h1-2,7H,3-4,12H2/t7-/m1/s1. The van der Waals surface area contributed by atoms with Gasteiger partial charge in [0.25, 0.3) is 0 Å². The van der Waals surface area contributed by atoms with Crippen LogP contribution in [-0.2, 0) is 0 Å². The Kier molecular flexibility index (Phi) is 2.14. The summed E-state index contributed by atoms with van der Waals surface area (Å²) in [6.45, 7) is 0.497. The van der Waals surface area contributed by atoms with Gasteiger partial charge in [0.2, 0.25) is 0 Å². The van der Waals surface area contributed by atoms with Gasteiger partial charge in [-0.1, -0.05) is 11.6 Å². The van der Waals surface area contributed by atoms with E-state index in [-0.39, 0.29) is 11.9 Å². The SMILES string of the molecule is N[C@@H]1CCOc2c(Cl)ccc(F)c21. The molecule has 0 unspecified atom stereocenters. The smallest absolute Gasteiger partial charge is 0.145 e. The Morgan fingerprint density at radius 3 is 3.00 bits per heavy atom. The Labute approximate surface area is 80.4 Å². The number of ether oxygens (including phenoxy) is 1. The molecule has 1 aliphatic heterocycles. The average Bonchev–Trinajstić information content (AvgIpc) is 2.12. The van der Waals surface area contributed by atoms with Gasteiger partial charge in [-0.2, -0.15) is 0 Å². The summed E-state index contributed by atoms with van der Waals surface area (Å²) < 4.78 is 18.5. The van der Waals surface area contributed by atoms with Crippen molar-refractivity contribution >= 4 is 11.6 Å². The first-order valence-electron chi connectivity index (χ1n) is 4.06. The van der Waals surface area contributed by atoms with Crippen LogP contribution in [0, 0.1) is 5.82 Å². The van der Waals surface area contributed by atoms with E-state index < -0.39 is 0 Å². The Hall–Kier alpha value is -0.800. The summed E-state index contributed by atoms with van der Waals surface area (Å²) in [4.78, 5) is 0. The quantitative estimate of drug-likeness (QED) is 0.699. The molecular weight excluding hydrogens is 193 g/mol. The van der Waals surface area contributed by atoms with Gasteiger partial charge in [-0.15, -0.1) is 0 Å². The largest absolute Gasteiger partial charge is 0.491 e. The zero-order valence-corrected chi connectivity index (χ0v) is 7.64. The van der Waals surface area contributed by atoms with Gasteiger partial charge in [0.05, 0.1) is 11.6 Å². The molecule has 0 fully saturated rings. The number of rotatable bonds is 0. The molecule has 0 aliphatic carbocycles. The summed E-state index contributed by atoms with van der Waals surface area (Å²) in [5, 5.41) is 0.423. The fourth-order valence-electron chi connectivity index (χ4n) is 1.47. The highest BCUT2D eigenvalue weighted by molar-refractivity contribution is 6.32. The molecule has 0 amide bonds. The van der Waals surface area contributed by atoms with Gasteiger partial charge in [-0.3, -0.25) is 0 Å². The number of halogens is 2. The lowest BCUT2D eigenvalue weighted by molar-refractivity contribution is 0.264. The lowest BCUT2D eigenvalue weighted by Gasteiger charge is -2.23. The fourth-order valence-corrected chi connectivity index (χ4v) is 1.69. The first kappa shape index (κ1) is 8.78. The van der Waals surface area contributed by atoms with Gasteiger partial charge in [0, 0.05) is 18.0 Å². The topological polar surface area (TPSA) is 35.2 Å². The molecule has 1 aromatic carbocycles. The van der Waals surface area contributed by atoms with Crippen LogP contribution >= 0.6 is 11.6 Å². The Morgan fingerprint density at radius 1 is 1.54 bits per heavy atom. The number of hydrogen-bond acceptors (Lipinski definition) is 2. The molecule has 1 aliphatic rings. The van der Waals surface area contributed by atoms with Crippen molar-refractivity contribution in [3.63, 3.8) is 0 Å². The van der Waals surface area contributed by atoms with Crippen LogP contribution in [0.4, 0.5) is 4.39 Å². The normalized spacial score (nSPS) is 20.7. The minimum absolute atomic E-state index is 0.303. The summed E-state index contributed by atoms with van der Waals surface area (Å²) in [6.07, 6.45) is 0.629. The van der Waals surface area contributed by atoms with Gasteiger partial charge in [0.1, 0.15) is 11.6 Å². The van der Waals surface area contributed by atoms with Crippen molar-refractivity contribution in [2.24, 2.45) is 5.73 Å². The lowest BCUT2D eigenvalue weighted by atomic mass is 10.0. The van der Waals surface area contributed by atoms with Crippen molar-refractivity contribution in [2.75, 3.05) is 6.61 Å². The van der Waals surface area contributed by atoms with Crippen LogP contribution < -0.4 is 10.5 Å². The summed E-state index contributed by atoms with van der Waals surface area (Å²) in [6, 6.07) is 2.49. The van der Waals surface area contributed by atoms with Crippen LogP contribution in [0.2, 0.25) is 5.02 Å². The van der Waals surface area contributed by atoms with Gasteiger partial charge in [-0.05, 0) is 12.1 Å². The molecule has 1 aromatic rings. The number of nitrogens with two attached hydrogens (primary N) is 1. The van der Waals surface area contributed by atoms with Crippen LogP contribution in [0.3, 0.4) is 0 Å². The predicted molar refractivity (Wildman–Crippen MR) is 48.5 cm³/mol. The lowest BCUT2D eigenvalue weighted by Crippen LogP contribution is -2.22. The molecule has 0 saturated heterocycles. The van der Waals surface area contributed by atoms with Crippen molar-refractivity contribution in [3.05, 3.63) is 28.5 Å². The molecule has 0 spiro atoms. The first-order valence-corrected chi connectivity index (χ1v) is 4.44. The molecule has 2 rings (SSSR count). The van der Waals surface area contributed by atoms with Gasteiger partial charge >= 0.3 is 0 Å². The van der Waals surface area contributed by atoms with Crippen LogP contribution in [0.1, 0.15) is 18.0 Å². The zero-order chi connectivity index (χ0) is 9.42. The highest BCUT2D eigenvalue weighted by atomic mass is 35.5. The van der Waals surface area contributed by atoms with Crippen LogP contribution in [0.25, 0.3) is 0 Å². The van der Waals surface area contributed by atoms with Crippen molar-refractivity contribution in [1.29, 1.82) is 0 Å². The minimum Gasteiger partial charge on any atom is -0.491 e. The Morgan fingerprint density at radius 2 is 2.31 bits per heavy atom. The van der Waals surface area contributed by atoms with E-state index in [0.29, 0.717) is 29.4 Å². The molecule has 0 radical (unpaired) electrons. The zero-order valence-electron chi connectivity index (χ0n) is 6.89. The Bertz CT molecular complexity index is 343. The third-order valence-corrected chi connectivity index (χ3v) is 2.44. The molecule has 0 aromatic heterocycles. The van der Waals surface area contributed by atoms with E-state index in [1.807, 2.05) is 0 Å². The van der Waals surface area contributed by atoms with Crippen molar-refractivity contribution in [3.8, 4) is 5.75 Å². The van der Waals surface area contributed by atoms with E-state index >= 15 is 0 Å². The number of hydrogen-bond donors (Lipinski definition) is 1. The molecule has 2 N–H and O–H groups in total. The van der Waals surface area contributed by atoms with Crippen LogP contribution in [-0.4, -0.2) is 6.61 Å². The molecule has 13 heavy (non-hydrogen) atoms. The molecule has 2 nitrogen and oxygen atoms in total. The van der Waals surface area contributed by atoms with E-state index in [9.17, 15) is 4.39 Å². The Balaban J connectivity index is 2.60. The van der Waals surface area contributed by atoms with Crippen LogP contribution in [0.5, 0.6) is 5.75 Å². The molecule has 4 heteroatoms. The van der Waals surface area contributed by atoms with E-state index in [4.69, 9.17) is 22.1 Å². The maximum absolute atomic E-state index is 13.3. The third-order valence-electron chi connectivity index (χ3n) is 2.14. The minimum atomic E-state index is -0.341. The highest BCUT2D eigenvalue weighted by Crippen LogP contribution is 2.38. The van der Waals surface area contributed by atoms with Gasteiger partial charge in [0.15, 0.2) is 0 Å². The van der Waals surface area contributed by atoms with Gasteiger partial charge < -0.3 is 10.5 Å². The van der Waals surface area contributed by atoms with E-state index in [0.717, 1.165) is 0 Å². The maximum Gasteiger partial charge on any atom is 0.145 e. The van der Waals surface area contributed by atoms with Crippen LogP contribution in [0.15, 0.2) is 12.1 Å². The van der Waals surface area contributed by atoms with E-state index in [1.165, 1.54) is 12.1 Å². The second-order valence-electron chi connectivity index (χ2n) is 3.02. The molecule has 1 atom stereocenters.